The quantitative estimate of drug-likeness (QED) is 0.387. The van der Waals surface area contributed by atoms with E-state index in [-0.39, 0.29) is 31.0 Å². The van der Waals surface area contributed by atoms with Gasteiger partial charge in [-0.05, 0) is 57.6 Å². The number of hydrogen-bond donors (Lipinski definition) is 2. The average molecular weight is 524 g/mol. The smallest absolute Gasteiger partial charge is 0.309 e. The maximum atomic E-state index is 14.7. The highest BCUT2D eigenvalue weighted by Gasteiger charge is 2.42. The number of ketones is 1. The van der Waals surface area contributed by atoms with E-state index in [0.717, 1.165) is 21.8 Å². The molecule has 2 heterocycles. The first kappa shape index (κ1) is 30.3. The van der Waals surface area contributed by atoms with Gasteiger partial charge < -0.3 is 14.9 Å². The van der Waals surface area contributed by atoms with Crippen molar-refractivity contribution in [3.05, 3.63) is 33.3 Å². The number of carbonyl (C=O) groups is 2. The molecule has 0 saturated heterocycles. The van der Waals surface area contributed by atoms with Crippen molar-refractivity contribution >= 4 is 29.2 Å². The van der Waals surface area contributed by atoms with E-state index in [1.165, 1.54) is 11.3 Å². The highest BCUT2D eigenvalue weighted by atomic mass is 32.1. The number of aryl methyl sites for hydroxylation is 1. The summed E-state index contributed by atoms with van der Waals surface area (Å²) in [6.45, 7) is 12.2. The molecular formula is C28H42FNO5S. The maximum Gasteiger partial charge on any atom is 0.309 e. The van der Waals surface area contributed by atoms with Gasteiger partial charge in [0.05, 0.1) is 34.7 Å². The van der Waals surface area contributed by atoms with Gasteiger partial charge in [0.1, 0.15) is 18.1 Å². The van der Waals surface area contributed by atoms with E-state index in [9.17, 15) is 24.2 Å². The number of ether oxygens (including phenoxy) is 1. The van der Waals surface area contributed by atoms with Crippen molar-refractivity contribution in [3.8, 4) is 0 Å². The van der Waals surface area contributed by atoms with Gasteiger partial charge in [-0.2, -0.15) is 0 Å². The zero-order valence-corrected chi connectivity index (χ0v) is 23.4. The number of cyclic esters (lactones) is 1. The van der Waals surface area contributed by atoms with Gasteiger partial charge in [-0.1, -0.05) is 39.3 Å². The Balaban J connectivity index is 2.36. The Morgan fingerprint density at radius 2 is 1.86 bits per heavy atom. The minimum Gasteiger partial charge on any atom is -0.457 e. The number of allylic oxidation sites excluding steroid dienone is 1. The van der Waals surface area contributed by atoms with E-state index < -0.39 is 41.8 Å². The number of aliphatic hydroxyl groups is 2. The average Bonchev–Trinajstić information content (AvgIpc) is 3.21. The summed E-state index contributed by atoms with van der Waals surface area (Å²) in [7, 11) is 0. The van der Waals surface area contributed by atoms with Gasteiger partial charge in [0.2, 0.25) is 0 Å². The Morgan fingerprint density at radius 3 is 2.47 bits per heavy atom. The zero-order chi connectivity index (χ0) is 27.2. The molecule has 0 aromatic carbocycles. The van der Waals surface area contributed by atoms with Gasteiger partial charge in [-0.3, -0.25) is 9.59 Å². The maximum absolute atomic E-state index is 14.7. The van der Waals surface area contributed by atoms with Crippen molar-refractivity contribution < 1.29 is 28.9 Å². The second-order valence-corrected chi connectivity index (χ2v) is 11.9. The van der Waals surface area contributed by atoms with Crippen LogP contribution in [-0.4, -0.2) is 51.4 Å². The van der Waals surface area contributed by atoms with Crippen molar-refractivity contribution in [1.29, 1.82) is 0 Å². The number of aromatic nitrogens is 1. The number of alkyl halides is 1. The van der Waals surface area contributed by atoms with Gasteiger partial charge in [-0.25, -0.2) is 9.37 Å². The molecule has 1 aliphatic rings. The molecule has 0 aliphatic carbocycles. The lowest BCUT2D eigenvalue weighted by molar-refractivity contribution is -0.154. The minimum absolute atomic E-state index is 0.248. The van der Waals surface area contributed by atoms with E-state index in [0.29, 0.717) is 12.8 Å². The molecule has 36 heavy (non-hydrogen) atoms. The number of aliphatic hydroxyl groups excluding tert-OH is 2. The molecule has 1 aliphatic heterocycles. The van der Waals surface area contributed by atoms with Crippen LogP contribution in [0.3, 0.4) is 0 Å². The lowest BCUT2D eigenvalue weighted by atomic mass is 9.73. The van der Waals surface area contributed by atoms with Crippen LogP contribution in [0.2, 0.25) is 0 Å². The lowest BCUT2D eigenvalue weighted by Gasteiger charge is -2.34. The van der Waals surface area contributed by atoms with Crippen LogP contribution in [-0.2, 0) is 14.3 Å². The standard InChI is InChI=1S/C28H42FNO5S/c1-16-8-11-23(18(3)13-22-15-36-20(5)30-22)35-25(32)14-24(31)28(6,7)27(34)19(4)26(33)17(2)9-10-21(29)12-16/h8,13,15,17,19,21,23-24,26,31,33H,9-12,14H2,1-7H3/t17-,19+,21?,23-,24-,26-/m0/s1. The topological polar surface area (TPSA) is 96.7 Å². The number of carbonyl (C=O) groups excluding carboxylic acids is 2. The Bertz CT molecular complexity index is 969. The number of nitrogens with zero attached hydrogens (tertiary/aromatic N) is 1. The summed E-state index contributed by atoms with van der Waals surface area (Å²) in [6.07, 6.45) is 0.770. The third kappa shape index (κ3) is 8.32. The second-order valence-electron chi connectivity index (χ2n) is 10.9. The monoisotopic (exact) mass is 523 g/mol. The van der Waals surface area contributed by atoms with E-state index in [2.05, 4.69) is 4.98 Å². The third-order valence-electron chi connectivity index (χ3n) is 7.29. The molecule has 1 aromatic rings. The minimum atomic E-state index is -1.28. The number of Topliss-reactive ketones (excluding diaryl/α,β-unsaturated/α-hetero) is 1. The first-order chi connectivity index (χ1) is 16.7. The molecule has 1 unspecified atom stereocenters. The molecule has 0 amide bonds. The molecule has 8 heteroatoms. The number of esters is 1. The number of hydrogen-bond acceptors (Lipinski definition) is 7. The Labute approximate surface area is 218 Å². The molecule has 0 radical (unpaired) electrons. The molecule has 0 fully saturated rings. The first-order valence-corrected chi connectivity index (χ1v) is 13.6. The predicted molar refractivity (Wildman–Crippen MR) is 141 cm³/mol. The first-order valence-electron chi connectivity index (χ1n) is 12.7. The van der Waals surface area contributed by atoms with Crippen LogP contribution in [0.5, 0.6) is 0 Å². The molecule has 6 atom stereocenters. The van der Waals surface area contributed by atoms with Crippen molar-refractivity contribution in [1.82, 2.24) is 4.98 Å². The van der Waals surface area contributed by atoms with E-state index >= 15 is 0 Å². The van der Waals surface area contributed by atoms with Crippen LogP contribution in [0.25, 0.3) is 6.08 Å². The fourth-order valence-corrected chi connectivity index (χ4v) is 5.15. The highest BCUT2D eigenvalue weighted by molar-refractivity contribution is 7.09. The molecule has 2 N–H and O–H groups in total. The van der Waals surface area contributed by atoms with Crippen LogP contribution >= 0.6 is 11.3 Å². The van der Waals surface area contributed by atoms with Crippen molar-refractivity contribution in [3.63, 3.8) is 0 Å². The summed E-state index contributed by atoms with van der Waals surface area (Å²) in [5.41, 5.74) is 1.13. The molecular weight excluding hydrogens is 481 g/mol. The SMILES string of the molecule is CC1=CC[C@@H](C(C)=Cc2csc(C)n2)OC(=O)C[C@H](O)C(C)(C)C(=O)[C@H](C)[C@@H](O)[C@@H](C)CCC(F)C1. The van der Waals surface area contributed by atoms with Crippen molar-refractivity contribution in [2.75, 3.05) is 0 Å². The van der Waals surface area contributed by atoms with Crippen LogP contribution < -0.4 is 0 Å². The number of halogens is 1. The number of thiazole rings is 1. The van der Waals surface area contributed by atoms with Gasteiger partial charge in [-0.15, -0.1) is 11.3 Å². The summed E-state index contributed by atoms with van der Waals surface area (Å²) in [6, 6.07) is 0. The van der Waals surface area contributed by atoms with Crippen LogP contribution in [0.15, 0.2) is 22.6 Å². The summed E-state index contributed by atoms with van der Waals surface area (Å²) < 4.78 is 20.5. The summed E-state index contributed by atoms with van der Waals surface area (Å²) in [4.78, 5) is 30.5. The summed E-state index contributed by atoms with van der Waals surface area (Å²) in [5.74, 6) is -2.02. The largest absolute Gasteiger partial charge is 0.457 e. The van der Waals surface area contributed by atoms with E-state index in [1.54, 1.807) is 20.8 Å². The second kappa shape index (κ2) is 13.1. The van der Waals surface area contributed by atoms with Gasteiger partial charge in [0.15, 0.2) is 0 Å². The number of rotatable bonds is 2. The predicted octanol–water partition coefficient (Wildman–Crippen LogP) is 5.60. The lowest BCUT2D eigenvalue weighted by Crippen LogP contribution is -2.45. The van der Waals surface area contributed by atoms with Crippen molar-refractivity contribution in [2.45, 2.75) is 105 Å². The van der Waals surface area contributed by atoms with Gasteiger partial charge in [0.25, 0.3) is 0 Å². The molecule has 0 saturated carbocycles. The van der Waals surface area contributed by atoms with Gasteiger partial charge in [0, 0.05) is 17.7 Å². The summed E-state index contributed by atoms with van der Waals surface area (Å²) >= 11 is 1.52. The molecule has 1 aromatic heterocycles. The Hall–Kier alpha value is -1.90. The Morgan fingerprint density at radius 1 is 1.19 bits per heavy atom. The van der Waals surface area contributed by atoms with Crippen molar-refractivity contribution in [2.24, 2.45) is 17.3 Å². The van der Waals surface area contributed by atoms with E-state index in [4.69, 9.17) is 4.74 Å². The fraction of sp³-hybridized carbons (Fsp3) is 0.679. The van der Waals surface area contributed by atoms with Crippen LogP contribution in [0.1, 0.15) is 84.3 Å². The van der Waals surface area contributed by atoms with Crippen LogP contribution in [0, 0.1) is 24.2 Å². The molecule has 0 spiro atoms. The van der Waals surface area contributed by atoms with Crippen LogP contribution in [0.4, 0.5) is 4.39 Å². The normalized spacial score (nSPS) is 31.9. The molecule has 202 valence electrons. The van der Waals surface area contributed by atoms with E-state index in [1.807, 2.05) is 45.2 Å². The summed E-state index contributed by atoms with van der Waals surface area (Å²) in [5, 5.41) is 24.5. The van der Waals surface area contributed by atoms with Gasteiger partial charge >= 0.3 is 5.97 Å². The molecule has 0 bridgehead atoms. The molecule has 2 rings (SSSR count). The molecule has 6 nitrogen and oxygen atoms in total. The highest BCUT2D eigenvalue weighted by Crippen LogP contribution is 2.32. The zero-order valence-electron chi connectivity index (χ0n) is 22.6. The third-order valence-corrected chi connectivity index (χ3v) is 8.08. The fourth-order valence-electron chi connectivity index (χ4n) is 4.58. The Kier molecular flexibility index (Phi) is 11.0.